The number of rotatable bonds is 3. The van der Waals surface area contributed by atoms with Gasteiger partial charge >= 0.3 is 0 Å². The van der Waals surface area contributed by atoms with Crippen molar-refractivity contribution in [3.63, 3.8) is 0 Å². The molecule has 0 aromatic heterocycles. The minimum atomic E-state index is 0.338. The van der Waals surface area contributed by atoms with Crippen LogP contribution >= 0.6 is 0 Å². The molecule has 0 aliphatic carbocycles. The molecule has 1 atom stereocenters. The van der Waals surface area contributed by atoms with E-state index in [-0.39, 0.29) is 0 Å². The van der Waals surface area contributed by atoms with E-state index in [2.05, 4.69) is 18.0 Å². The molecule has 0 amide bonds. The molecule has 0 bridgehead atoms. The van der Waals surface area contributed by atoms with Crippen LogP contribution in [0.25, 0.3) is 0 Å². The van der Waals surface area contributed by atoms with Gasteiger partial charge in [0.05, 0.1) is 19.3 Å². The van der Waals surface area contributed by atoms with Crippen LogP contribution in [0, 0.1) is 22.7 Å². The van der Waals surface area contributed by atoms with Gasteiger partial charge in [0.25, 0.3) is 0 Å². The summed E-state index contributed by atoms with van der Waals surface area (Å²) in [7, 11) is 2.20. The fourth-order valence-electron chi connectivity index (χ4n) is 2.92. The van der Waals surface area contributed by atoms with Crippen LogP contribution in [0.1, 0.15) is 25.7 Å². The lowest BCUT2D eigenvalue weighted by atomic mass is 9.67. The van der Waals surface area contributed by atoms with Crippen LogP contribution in [-0.4, -0.2) is 38.3 Å². The number of nitrogens with zero attached hydrogens (tertiary/aromatic N) is 2. The summed E-state index contributed by atoms with van der Waals surface area (Å²) >= 11 is 0. The average molecular weight is 208 g/mol. The maximum Gasteiger partial charge on any atom is 0.0621 e. The molecule has 3 nitrogen and oxygen atoms in total. The second-order valence-electron chi connectivity index (χ2n) is 5.11. The molecule has 1 unspecified atom stereocenters. The second kappa shape index (κ2) is 4.51. The first-order valence-corrected chi connectivity index (χ1v) is 5.90. The van der Waals surface area contributed by atoms with Gasteiger partial charge in [0.2, 0.25) is 0 Å². The molecule has 2 aliphatic heterocycles. The Bertz CT molecular complexity index is 255. The van der Waals surface area contributed by atoms with Gasteiger partial charge in [-0.2, -0.15) is 5.26 Å². The summed E-state index contributed by atoms with van der Waals surface area (Å²) in [6.45, 7) is 4.18. The van der Waals surface area contributed by atoms with Crippen LogP contribution in [0.3, 0.4) is 0 Å². The Kier molecular flexibility index (Phi) is 3.28. The van der Waals surface area contributed by atoms with Crippen LogP contribution in [0.5, 0.6) is 0 Å². The van der Waals surface area contributed by atoms with Crippen LogP contribution in [0.15, 0.2) is 0 Å². The zero-order valence-electron chi connectivity index (χ0n) is 9.54. The molecule has 84 valence electrons. The van der Waals surface area contributed by atoms with Gasteiger partial charge in [0.15, 0.2) is 0 Å². The first-order chi connectivity index (χ1) is 7.27. The molecule has 3 heteroatoms. The van der Waals surface area contributed by atoms with Crippen LogP contribution in [0.2, 0.25) is 0 Å². The van der Waals surface area contributed by atoms with Crippen molar-refractivity contribution in [1.29, 1.82) is 5.26 Å². The lowest BCUT2D eigenvalue weighted by molar-refractivity contribution is -0.159. The summed E-state index contributed by atoms with van der Waals surface area (Å²) < 4.78 is 5.40. The molecule has 2 aliphatic rings. The van der Waals surface area contributed by atoms with Crippen LogP contribution in [0.4, 0.5) is 0 Å². The van der Waals surface area contributed by atoms with Crippen molar-refractivity contribution in [3.05, 3.63) is 0 Å². The number of likely N-dealkylation sites (tertiary alicyclic amines) is 1. The summed E-state index contributed by atoms with van der Waals surface area (Å²) in [6, 6.07) is 2.27. The Morgan fingerprint density at radius 1 is 1.53 bits per heavy atom. The molecule has 15 heavy (non-hydrogen) atoms. The van der Waals surface area contributed by atoms with E-state index in [4.69, 9.17) is 10.00 Å². The topological polar surface area (TPSA) is 36.3 Å². The van der Waals surface area contributed by atoms with Crippen molar-refractivity contribution in [3.8, 4) is 6.07 Å². The van der Waals surface area contributed by atoms with E-state index in [1.807, 2.05) is 0 Å². The number of hydrogen-bond donors (Lipinski definition) is 0. The monoisotopic (exact) mass is 208 g/mol. The van der Waals surface area contributed by atoms with Crippen molar-refractivity contribution >= 4 is 0 Å². The number of piperidine rings is 1. The molecule has 2 saturated heterocycles. The van der Waals surface area contributed by atoms with E-state index in [0.717, 1.165) is 25.6 Å². The van der Waals surface area contributed by atoms with E-state index >= 15 is 0 Å². The van der Waals surface area contributed by atoms with Crippen molar-refractivity contribution in [2.75, 3.05) is 33.4 Å². The molecule has 0 N–H and O–H groups in total. The highest BCUT2D eigenvalue weighted by Crippen LogP contribution is 2.43. The fourth-order valence-corrected chi connectivity index (χ4v) is 2.92. The standard InChI is InChI=1S/C12H20N2O/c1-14-7-2-4-11(8-14)12(5-3-6-13)9-15-10-12/h11H,2-5,7-10H2,1H3. The summed E-state index contributed by atoms with van der Waals surface area (Å²) in [5.74, 6) is 0.748. The third-order valence-electron chi connectivity index (χ3n) is 4.00. The van der Waals surface area contributed by atoms with Crippen LogP contribution in [-0.2, 0) is 4.74 Å². The predicted molar refractivity (Wildman–Crippen MR) is 58.3 cm³/mol. The first-order valence-electron chi connectivity index (χ1n) is 5.90. The van der Waals surface area contributed by atoms with Gasteiger partial charge in [-0.1, -0.05) is 0 Å². The lowest BCUT2D eigenvalue weighted by Crippen LogP contribution is -2.53. The van der Waals surface area contributed by atoms with Crippen molar-refractivity contribution in [2.24, 2.45) is 11.3 Å². The fraction of sp³-hybridized carbons (Fsp3) is 0.917. The molecule has 0 aromatic carbocycles. The van der Waals surface area contributed by atoms with Gasteiger partial charge < -0.3 is 9.64 Å². The molecule has 2 rings (SSSR count). The van der Waals surface area contributed by atoms with E-state index in [0.29, 0.717) is 11.8 Å². The maximum atomic E-state index is 8.70. The largest absolute Gasteiger partial charge is 0.380 e. The average Bonchev–Trinajstić information content (AvgIpc) is 2.16. The Labute approximate surface area is 92.0 Å². The SMILES string of the molecule is CN1CCCC(C2(CCC#N)COC2)C1. The van der Waals surface area contributed by atoms with E-state index in [1.54, 1.807) is 0 Å². The first kappa shape index (κ1) is 10.9. The van der Waals surface area contributed by atoms with Crippen molar-refractivity contribution in [1.82, 2.24) is 4.90 Å². The Balaban J connectivity index is 1.96. The van der Waals surface area contributed by atoms with Gasteiger partial charge in [0, 0.05) is 18.4 Å². The molecule has 0 aromatic rings. The Hall–Kier alpha value is -0.590. The normalized spacial score (nSPS) is 30.5. The third kappa shape index (κ3) is 2.16. The minimum absolute atomic E-state index is 0.338. The maximum absolute atomic E-state index is 8.70. The van der Waals surface area contributed by atoms with Gasteiger partial charge in [-0.05, 0) is 38.8 Å². The Morgan fingerprint density at radius 3 is 2.87 bits per heavy atom. The minimum Gasteiger partial charge on any atom is -0.380 e. The van der Waals surface area contributed by atoms with E-state index < -0.39 is 0 Å². The smallest absolute Gasteiger partial charge is 0.0621 e. The highest BCUT2D eigenvalue weighted by atomic mass is 16.5. The number of hydrogen-bond acceptors (Lipinski definition) is 3. The van der Waals surface area contributed by atoms with Gasteiger partial charge in [-0.25, -0.2) is 0 Å². The number of nitriles is 1. The molecule has 2 heterocycles. The van der Waals surface area contributed by atoms with Crippen LogP contribution < -0.4 is 0 Å². The summed E-state index contributed by atoms with van der Waals surface area (Å²) in [5.41, 5.74) is 0.338. The number of ether oxygens (including phenoxy) is 1. The van der Waals surface area contributed by atoms with Crippen molar-refractivity contribution in [2.45, 2.75) is 25.7 Å². The van der Waals surface area contributed by atoms with Crippen molar-refractivity contribution < 1.29 is 4.74 Å². The molecular formula is C12H20N2O. The highest BCUT2D eigenvalue weighted by molar-refractivity contribution is 4.96. The summed E-state index contributed by atoms with van der Waals surface area (Å²) in [6.07, 6.45) is 4.33. The van der Waals surface area contributed by atoms with E-state index in [1.165, 1.54) is 25.9 Å². The molecule has 2 fully saturated rings. The predicted octanol–water partition coefficient (Wildman–Crippen LogP) is 1.65. The zero-order chi connectivity index (χ0) is 10.7. The van der Waals surface area contributed by atoms with E-state index in [9.17, 15) is 0 Å². The molecule has 0 spiro atoms. The van der Waals surface area contributed by atoms with Gasteiger partial charge in [0.1, 0.15) is 0 Å². The third-order valence-corrected chi connectivity index (χ3v) is 4.00. The summed E-state index contributed by atoms with van der Waals surface area (Å²) in [5, 5.41) is 8.70. The lowest BCUT2D eigenvalue weighted by Gasteiger charge is -2.50. The molecular weight excluding hydrogens is 188 g/mol. The quantitative estimate of drug-likeness (QED) is 0.707. The Morgan fingerprint density at radius 2 is 2.33 bits per heavy atom. The molecule has 0 radical (unpaired) electrons. The second-order valence-corrected chi connectivity index (χ2v) is 5.11. The highest BCUT2D eigenvalue weighted by Gasteiger charge is 2.45. The van der Waals surface area contributed by atoms with Gasteiger partial charge in [-0.3, -0.25) is 0 Å². The zero-order valence-corrected chi connectivity index (χ0v) is 9.54. The summed E-state index contributed by atoms with van der Waals surface area (Å²) in [4.78, 5) is 2.42. The molecule has 0 saturated carbocycles. The van der Waals surface area contributed by atoms with Gasteiger partial charge in [-0.15, -0.1) is 0 Å².